The van der Waals surface area contributed by atoms with Crippen molar-refractivity contribution in [2.24, 2.45) is 0 Å². The number of benzene rings is 1. The first-order valence-electron chi connectivity index (χ1n) is 6.38. The third-order valence-electron chi connectivity index (χ3n) is 3.27. The number of rotatable bonds is 4. The van der Waals surface area contributed by atoms with Crippen LogP contribution in [0.25, 0.3) is 0 Å². The van der Waals surface area contributed by atoms with Crippen molar-refractivity contribution in [2.75, 3.05) is 17.3 Å². The largest absolute Gasteiger partial charge is 0.481 e. The number of anilines is 2. The molecular formula is C14H16N2O4. The van der Waals surface area contributed by atoms with Gasteiger partial charge in [-0.15, -0.1) is 0 Å². The fraction of sp³-hybridized carbons (Fsp3) is 0.357. The molecule has 0 saturated carbocycles. The first kappa shape index (κ1) is 14.0. The smallest absolute Gasteiger partial charge is 0.303 e. The summed E-state index contributed by atoms with van der Waals surface area (Å²) in [6.07, 6.45) is 0.871. The molecule has 20 heavy (non-hydrogen) atoms. The summed E-state index contributed by atoms with van der Waals surface area (Å²) in [5.74, 6) is -1.24. The molecule has 2 amide bonds. The molecule has 0 radical (unpaired) electrons. The molecule has 6 nitrogen and oxygen atoms in total. The van der Waals surface area contributed by atoms with Gasteiger partial charge in [-0.1, -0.05) is 0 Å². The van der Waals surface area contributed by atoms with Crippen LogP contribution in [0.1, 0.15) is 24.8 Å². The second-order valence-corrected chi connectivity index (χ2v) is 4.74. The number of nitrogens with one attached hydrogen (secondary N) is 1. The number of carboxylic acids is 1. The Balaban J connectivity index is 2.06. The van der Waals surface area contributed by atoms with E-state index in [0.717, 1.165) is 11.3 Å². The van der Waals surface area contributed by atoms with Gasteiger partial charge >= 0.3 is 5.97 Å². The van der Waals surface area contributed by atoms with Crippen LogP contribution in [0.5, 0.6) is 0 Å². The van der Waals surface area contributed by atoms with Crippen molar-refractivity contribution in [1.29, 1.82) is 0 Å². The third kappa shape index (κ3) is 3.14. The number of carboxylic acid groups (broad SMARTS) is 1. The molecule has 0 fully saturated rings. The molecule has 0 spiro atoms. The minimum absolute atomic E-state index is 0.0508. The first-order valence-corrected chi connectivity index (χ1v) is 6.38. The van der Waals surface area contributed by atoms with Crippen molar-refractivity contribution in [2.45, 2.75) is 25.7 Å². The number of aryl methyl sites for hydroxylation is 1. The molecule has 0 saturated heterocycles. The molecular weight excluding hydrogens is 260 g/mol. The maximum Gasteiger partial charge on any atom is 0.303 e. The van der Waals surface area contributed by atoms with Crippen LogP contribution in [0.2, 0.25) is 0 Å². The average molecular weight is 276 g/mol. The van der Waals surface area contributed by atoms with Crippen molar-refractivity contribution in [3.05, 3.63) is 23.8 Å². The fourth-order valence-electron chi connectivity index (χ4n) is 2.18. The van der Waals surface area contributed by atoms with E-state index in [2.05, 4.69) is 5.32 Å². The summed E-state index contributed by atoms with van der Waals surface area (Å²) >= 11 is 0. The minimum atomic E-state index is -0.995. The van der Waals surface area contributed by atoms with Gasteiger partial charge in [0, 0.05) is 31.3 Å². The van der Waals surface area contributed by atoms with E-state index in [1.165, 1.54) is 0 Å². The van der Waals surface area contributed by atoms with Crippen LogP contribution in [0.3, 0.4) is 0 Å². The number of carbonyl (C=O) groups is 3. The molecule has 2 rings (SSSR count). The molecule has 1 heterocycles. The molecule has 106 valence electrons. The lowest BCUT2D eigenvalue weighted by Gasteiger charge is -2.26. The van der Waals surface area contributed by atoms with Crippen LogP contribution >= 0.6 is 0 Å². The van der Waals surface area contributed by atoms with E-state index in [0.29, 0.717) is 18.5 Å². The summed E-state index contributed by atoms with van der Waals surface area (Å²) in [5.41, 5.74) is 2.48. The topological polar surface area (TPSA) is 86.7 Å². The van der Waals surface area contributed by atoms with Gasteiger partial charge in [-0.3, -0.25) is 14.4 Å². The van der Waals surface area contributed by atoms with Crippen LogP contribution in [0.15, 0.2) is 18.2 Å². The minimum Gasteiger partial charge on any atom is -0.481 e. The summed E-state index contributed by atoms with van der Waals surface area (Å²) in [4.78, 5) is 35.1. The summed E-state index contributed by atoms with van der Waals surface area (Å²) in [5, 5.41) is 11.2. The zero-order chi connectivity index (χ0) is 14.7. The zero-order valence-electron chi connectivity index (χ0n) is 11.2. The van der Waals surface area contributed by atoms with E-state index >= 15 is 0 Å². The maximum absolute atomic E-state index is 11.6. The summed E-state index contributed by atoms with van der Waals surface area (Å²) in [7, 11) is 1.73. The first-order chi connectivity index (χ1) is 9.47. The van der Waals surface area contributed by atoms with Gasteiger partial charge in [0.2, 0.25) is 11.8 Å². The Kier molecular flexibility index (Phi) is 4.02. The highest BCUT2D eigenvalue weighted by atomic mass is 16.4. The Morgan fingerprint density at radius 1 is 1.30 bits per heavy atom. The molecule has 1 aromatic carbocycles. The van der Waals surface area contributed by atoms with Crippen molar-refractivity contribution < 1.29 is 19.5 Å². The van der Waals surface area contributed by atoms with Crippen LogP contribution in [-0.4, -0.2) is 29.9 Å². The van der Waals surface area contributed by atoms with Gasteiger partial charge in [-0.2, -0.15) is 0 Å². The van der Waals surface area contributed by atoms with E-state index in [1.54, 1.807) is 24.1 Å². The van der Waals surface area contributed by atoms with Crippen LogP contribution in [0, 0.1) is 0 Å². The van der Waals surface area contributed by atoms with Gasteiger partial charge in [0.1, 0.15) is 0 Å². The Morgan fingerprint density at radius 2 is 2.05 bits per heavy atom. The van der Waals surface area contributed by atoms with Crippen LogP contribution in [-0.2, 0) is 20.8 Å². The van der Waals surface area contributed by atoms with Gasteiger partial charge in [-0.05, 0) is 30.2 Å². The molecule has 0 unspecified atom stereocenters. The molecule has 1 aliphatic heterocycles. The predicted octanol–water partition coefficient (Wildman–Crippen LogP) is 1.40. The quantitative estimate of drug-likeness (QED) is 0.870. The van der Waals surface area contributed by atoms with Crippen molar-refractivity contribution >= 4 is 29.2 Å². The average Bonchev–Trinajstić information content (AvgIpc) is 2.41. The van der Waals surface area contributed by atoms with Crippen LogP contribution in [0.4, 0.5) is 11.4 Å². The van der Waals surface area contributed by atoms with Gasteiger partial charge < -0.3 is 15.3 Å². The highest BCUT2D eigenvalue weighted by molar-refractivity contribution is 5.97. The van der Waals surface area contributed by atoms with E-state index in [-0.39, 0.29) is 24.7 Å². The number of nitrogens with zero attached hydrogens (tertiary/aromatic N) is 1. The second-order valence-electron chi connectivity index (χ2n) is 4.74. The third-order valence-corrected chi connectivity index (χ3v) is 3.27. The van der Waals surface area contributed by atoms with Crippen molar-refractivity contribution in [3.8, 4) is 0 Å². The summed E-state index contributed by atoms with van der Waals surface area (Å²) in [6, 6.07) is 5.34. The Hall–Kier alpha value is -2.37. The fourth-order valence-corrected chi connectivity index (χ4v) is 2.18. The highest BCUT2D eigenvalue weighted by Gasteiger charge is 2.20. The van der Waals surface area contributed by atoms with Gasteiger partial charge in [0.15, 0.2) is 0 Å². The molecule has 1 aliphatic rings. The van der Waals surface area contributed by atoms with Crippen LogP contribution < -0.4 is 10.2 Å². The molecule has 0 aliphatic carbocycles. The Morgan fingerprint density at radius 3 is 2.75 bits per heavy atom. The Bertz CT molecular complexity index is 568. The molecule has 2 N–H and O–H groups in total. The number of amides is 2. The standard InChI is InChI=1S/C14H16N2O4/c1-16-11-4-3-10(8-9(11)2-6-13(16)18)15-12(17)5-7-14(19)20/h3-4,8H,2,5-7H2,1H3,(H,15,17)(H,19,20). The van der Waals surface area contributed by atoms with Crippen molar-refractivity contribution in [3.63, 3.8) is 0 Å². The summed E-state index contributed by atoms with van der Waals surface area (Å²) in [6.45, 7) is 0. The van der Waals surface area contributed by atoms with E-state index < -0.39 is 5.97 Å². The highest BCUT2D eigenvalue weighted by Crippen LogP contribution is 2.29. The lowest BCUT2D eigenvalue weighted by Crippen LogP contribution is -2.31. The van der Waals surface area contributed by atoms with E-state index in [4.69, 9.17) is 5.11 Å². The summed E-state index contributed by atoms with van der Waals surface area (Å²) < 4.78 is 0. The van der Waals surface area contributed by atoms with Gasteiger partial charge in [0.25, 0.3) is 0 Å². The number of hydrogen-bond acceptors (Lipinski definition) is 3. The molecule has 0 aromatic heterocycles. The molecule has 6 heteroatoms. The maximum atomic E-state index is 11.6. The number of carbonyl (C=O) groups excluding carboxylic acids is 2. The second kappa shape index (κ2) is 5.73. The number of fused-ring (bicyclic) bond motifs is 1. The van der Waals surface area contributed by atoms with E-state index in [9.17, 15) is 14.4 Å². The van der Waals surface area contributed by atoms with Gasteiger partial charge in [-0.25, -0.2) is 0 Å². The molecule has 0 atom stereocenters. The Labute approximate surface area is 116 Å². The lowest BCUT2D eigenvalue weighted by atomic mass is 10.0. The molecule has 1 aromatic rings. The number of aliphatic carboxylic acids is 1. The number of hydrogen-bond donors (Lipinski definition) is 2. The van der Waals surface area contributed by atoms with Gasteiger partial charge in [0.05, 0.1) is 6.42 Å². The predicted molar refractivity (Wildman–Crippen MR) is 73.7 cm³/mol. The zero-order valence-corrected chi connectivity index (χ0v) is 11.2. The monoisotopic (exact) mass is 276 g/mol. The molecule has 0 bridgehead atoms. The van der Waals surface area contributed by atoms with E-state index in [1.807, 2.05) is 6.07 Å². The SMILES string of the molecule is CN1C(=O)CCc2cc(NC(=O)CCC(=O)O)ccc21. The lowest BCUT2D eigenvalue weighted by molar-refractivity contribution is -0.138. The van der Waals surface area contributed by atoms with Crippen molar-refractivity contribution in [1.82, 2.24) is 0 Å². The normalized spacial score (nSPS) is 13.8.